The van der Waals surface area contributed by atoms with Gasteiger partial charge < -0.3 is 14.6 Å². The van der Waals surface area contributed by atoms with E-state index in [-0.39, 0.29) is 18.9 Å². The van der Waals surface area contributed by atoms with Gasteiger partial charge in [0.25, 0.3) is 5.91 Å². The largest absolute Gasteiger partial charge is 0.494 e. The average Bonchev–Trinajstić information content (AvgIpc) is 3.35. The summed E-state index contributed by atoms with van der Waals surface area (Å²) in [5, 5.41) is 13.4. The van der Waals surface area contributed by atoms with Crippen LogP contribution >= 0.6 is 11.6 Å². The first-order valence-electron chi connectivity index (χ1n) is 12.6. The normalized spacial score (nSPS) is 17.8. The SMILES string of the molecule is C=CC[C@]1(C(=O)NNCc2ccc(Cl)cc2)N=C(c2ccc(OCCCO)cc2)O[C@H]1c1ccccc1N=[N+]=[N-]. The number of nitrogens with zero attached hydrogens (tertiary/aromatic N) is 4. The fraction of sp³-hybridized carbons (Fsp3) is 0.241. The topological polar surface area (TPSA) is 141 Å². The van der Waals surface area contributed by atoms with E-state index in [0.717, 1.165) is 5.56 Å². The van der Waals surface area contributed by atoms with Crippen molar-refractivity contribution in [2.75, 3.05) is 13.2 Å². The van der Waals surface area contributed by atoms with Crippen molar-refractivity contribution in [1.29, 1.82) is 0 Å². The summed E-state index contributed by atoms with van der Waals surface area (Å²) in [6.45, 7) is 4.65. The maximum absolute atomic E-state index is 13.9. The van der Waals surface area contributed by atoms with E-state index >= 15 is 0 Å². The van der Waals surface area contributed by atoms with Gasteiger partial charge in [0.05, 0.1) is 6.61 Å². The Labute approximate surface area is 236 Å². The molecule has 0 bridgehead atoms. The fourth-order valence-electron chi connectivity index (χ4n) is 4.30. The monoisotopic (exact) mass is 560 g/mol. The molecule has 1 aliphatic rings. The number of ether oxygens (including phenoxy) is 2. The van der Waals surface area contributed by atoms with Gasteiger partial charge in [-0.1, -0.05) is 59.2 Å². The van der Waals surface area contributed by atoms with Crippen LogP contribution in [-0.4, -0.2) is 35.7 Å². The van der Waals surface area contributed by atoms with Crippen molar-refractivity contribution in [3.05, 3.63) is 118 Å². The minimum absolute atomic E-state index is 0.0451. The summed E-state index contributed by atoms with van der Waals surface area (Å²) in [4.78, 5) is 21.6. The summed E-state index contributed by atoms with van der Waals surface area (Å²) in [6.07, 6.45) is 1.35. The van der Waals surface area contributed by atoms with Crippen molar-refractivity contribution >= 4 is 29.1 Å². The van der Waals surface area contributed by atoms with Gasteiger partial charge in [0.15, 0.2) is 11.6 Å². The molecule has 40 heavy (non-hydrogen) atoms. The molecule has 0 aromatic heterocycles. The number of carbonyl (C=O) groups is 1. The van der Waals surface area contributed by atoms with E-state index in [2.05, 4.69) is 27.5 Å². The number of azide groups is 1. The third-order valence-electron chi connectivity index (χ3n) is 6.26. The van der Waals surface area contributed by atoms with E-state index < -0.39 is 17.6 Å². The molecule has 0 saturated carbocycles. The highest BCUT2D eigenvalue weighted by atomic mass is 35.5. The molecule has 0 fully saturated rings. The number of hydrogen-bond donors (Lipinski definition) is 3. The molecule has 0 unspecified atom stereocenters. The van der Waals surface area contributed by atoms with Crippen molar-refractivity contribution < 1.29 is 19.4 Å². The smallest absolute Gasteiger partial charge is 0.266 e. The standard InChI is InChI=1S/C29H29ClN6O4/c1-2-16-29(28(38)35-32-19-20-8-12-22(30)13-9-20)26(24-6-3-4-7-25(24)34-36-31)40-27(33-29)21-10-14-23(15-11-21)39-18-5-17-37/h2-4,6-15,26,32,37H,1,5,16-19H2,(H,35,38)/t26-,29-/m0/s1. The highest BCUT2D eigenvalue weighted by molar-refractivity contribution is 6.30. The molecular formula is C29H29ClN6O4. The molecule has 4 rings (SSSR count). The molecule has 3 N–H and O–H groups in total. The van der Waals surface area contributed by atoms with Gasteiger partial charge in [-0.25, -0.2) is 10.4 Å². The Morgan fingerprint density at radius 3 is 2.65 bits per heavy atom. The number of hydrogen-bond acceptors (Lipinski definition) is 7. The lowest BCUT2D eigenvalue weighted by atomic mass is 9.84. The first-order chi connectivity index (χ1) is 19.5. The predicted octanol–water partition coefficient (Wildman–Crippen LogP) is 5.70. The van der Waals surface area contributed by atoms with Crippen LogP contribution in [0.5, 0.6) is 5.75 Å². The molecular weight excluding hydrogens is 532 g/mol. The van der Waals surface area contributed by atoms with Gasteiger partial charge in [0, 0.05) is 52.7 Å². The lowest BCUT2D eigenvalue weighted by Crippen LogP contribution is -2.52. The minimum Gasteiger partial charge on any atom is -0.494 e. The highest BCUT2D eigenvalue weighted by Gasteiger charge is 2.53. The third-order valence-corrected chi connectivity index (χ3v) is 6.52. The Kier molecular flexibility index (Phi) is 9.77. The van der Waals surface area contributed by atoms with E-state index in [4.69, 9.17) is 36.7 Å². The summed E-state index contributed by atoms with van der Waals surface area (Å²) >= 11 is 5.97. The number of aliphatic hydroxyl groups is 1. The summed E-state index contributed by atoms with van der Waals surface area (Å²) < 4.78 is 12.0. The van der Waals surface area contributed by atoms with Gasteiger partial charge in [-0.2, -0.15) is 0 Å². The Bertz CT molecular complexity index is 1410. The molecule has 11 heteroatoms. The number of amides is 1. The fourth-order valence-corrected chi connectivity index (χ4v) is 4.42. The molecule has 0 saturated heterocycles. The summed E-state index contributed by atoms with van der Waals surface area (Å²) in [7, 11) is 0. The number of rotatable bonds is 13. The summed E-state index contributed by atoms with van der Waals surface area (Å²) in [5.74, 6) is 0.431. The summed E-state index contributed by atoms with van der Waals surface area (Å²) in [5.41, 5.74) is 15.8. The zero-order chi connectivity index (χ0) is 28.4. The lowest BCUT2D eigenvalue weighted by molar-refractivity contribution is -0.129. The maximum Gasteiger partial charge on any atom is 0.266 e. The van der Waals surface area contributed by atoms with Gasteiger partial charge in [0.2, 0.25) is 5.90 Å². The molecule has 3 aromatic rings. The van der Waals surface area contributed by atoms with E-state index in [0.29, 0.717) is 47.2 Å². The van der Waals surface area contributed by atoms with Crippen molar-refractivity contribution in [3.8, 4) is 5.75 Å². The molecule has 206 valence electrons. The Hall–Kier alpha value is -4.34. The van der Waals surface area contributed by atoms with Crippen LogP contribution in [-0.2, 0) is 16.1 Å². The Morgan fingerprint density at radius 1 is 1.20 bits per heavy atom. The van der Waals surface area contributed by atoms with Crippen LogP contribution in [0.4, 0.5) is 5.69 Å². The molecule has 1 heterocycles. The quantitative estimate of drug-likeness (QED) is 0.0614. The first-order valence-corrected chi connectivity index (χ1v) is 13.0. The molecule has 0 aliphatic carbocycles. The molecule has 0 spiro atoms. The van der Waals surface area contributed by atoms with Crippen molar-refractivity contribution in [1.82, 2.24) is 10.9 Å². The number of aliphatic hydroxyl groups excluding tert-OH is 1. The van der Waals surface area contributed by atoms with Crippen molar-refractivity contribution in [3.63, 3.8) is 0 Å². The van der Waals surface area contributed by atoms with Crippen LogP contribution in [0.3, 0.4) is 0 Å². The molecule has 3 aromatic carbocycles. The van der Waals surface area contributed by atoms with E-state index in [1.54, 1.807) is 66.7 Å². The molecule has 1 amide bonds. The zero-order valence-corrected chi connectivity index (χ0v) is 22.4. The molecule has 1 aliphatic heterocycles. The van der Waals surface area contributed by atoms with Gasteiger partial charge in [0.1, 0.15) is 5.75 Å². The van der Waals surface area contributed by atoms with Crippen LogP contribution in [0.1, 0.15) is 35.6 Å². The van der Waals surface area contributed by atoms with Gasteiger partial charge in [-0.3, -0.25) is 10.2 Å². The molecule has 2 atom stereocenters. The van der Waals surface area contributed by atoms with Gasteiger partial charge >= 0.3 is 0 Å². The second-order valence-electron chi connectivity index (χ2n) is 8.96. The zero-order valence-electron chi connectivity index (χ0n) is 21.7. The van der Waals surface area contributed by atoms with Crippen LogP contribution in [0.25, 0.3) is 10.4 Å². The second kappa shape index (κ2) is 13.6. The number of carbonyl (C=O) groups excluding carboxylic acids is 1. The average molecular weight is 561 g/mol. The third kappa shape index (κ3) is 6.62. The number of halogens is 1. The highest BCUT2D eigenvalue weighted by Crippen LogP contribution is 2.45. The van der Waals surface area contributed by atoms with Crippen LogP contribution in [0.15, 0.2) is 95.6 Å². The number of aliphatic imine (C=N–C) groups is 1. The number of benzene rings is 3. The van der Waals surface area contributed by atoms with E-state index in [1.807, 2.05) is 12.1 Å². The van der Waals surface area contributed by atoms with E-state index in [1.165, 1.54) is 0 Å². The molecule has 0 radical (unpaired) electrons. The van der Waals surface area contributed by atoms with E-state index in [9.17, 15) is 4.79 Å². The second-order valence-corrected chi connectivity index (χ2v) is 9.40. The Morgan fingerprint density at radius 2 is 1.95 bits per heavy atom. The first kappa shape index (κ1) is 28.7. The van der Waals surface area contributed by atoms with Crippen molar-refractivity contribution in [2.24, 2.45) is 10.1 Å². The van der Waals surface area contributed by atoms with Crippen molar-refractivity contribution in [2.45, 2.75) is 31.0 Å². The minimum atomic E-state index is -1.46. The van der Waals surface area contributed by atoms with Gasteiger partial charge in [-0.15, -0.1) is 6.58 Å². The lowest BCUT2D eigenvalue weighted by Gasteiger charge is -2.30. The van der Waals surface area contributed by atoms with Gasteiger partial charge in [-0.05, 0) is 47.5 Å². The molecule has 10 nitrogen and oxygen atoms in total. The van der Waals surface area contributed by atoms with Crippen LogP contribution in [0, 0.1) is 0 Å². The van der Waals surface area contributed by atoms with Crippen LogP contribution < -0.4 is 15.6 Å². The van der Waals surface area contributed by atoms with Crippen LogP contribution in [0.2, 0.25) is 5.02 Å². The maximum atomic E-state index is 13.9. The number of nitrogens with one attached hydrogen (secondary N) is 2. The Balaban J connectivity index is 1.67. The number of hydrazine groups is 1. The summed E-state index contributed by atoms with van der Waals surface area (Å²) in [6, 6.07) is 21.3. The predicted molar refractivity (Wildman–Crippen MR) is 153 cm³/mol.